The summed E-state index contributed by atoms with van der Waals surface area (Å²) in [6.45, 7) is 5.01. The Morgan fingerprint density at radius 3 is 2.34 bits per heavy atom. The Balaban J connectivity index is 1.32. The highest BCUT2D eigenvalue weighted by molar-refractivity contribution is 5.95. The van der Waals surface area contributed by atoms with Crippen LogP contribution in [0, 0.1) is 5.82 Å². The molecular formula is C26H32FN3O5. The van der Waals surface area contributed by atoms with Crippen molar-refractivity contribution in [3.63, 3.8) is 0 Å². The fourth-order valence-electron chi connectivity index (χ4n) is 4.59. The van der Waals surface area contributed by atoms with Crippen molar-refractivity contribution < 1.29 is 28.2 Å². The smallest absolute Gasteiger partial charge is 0.254 e. The predicted octanol–water partition coefficient (Wildman–Crippen LogP) is 2.53. The third-order valence-electron chi connectivity index (χ3n) is 6.49. The van der Waals surface area contributed by atoms with Gasteiger partial charge in [-0.15, -0.1) is 0 Å². The van der Waals surface area contributed by atoms with Gasteiger partial charge in [-0.3, -0.25) is 14.5 Å². The molecule has 0 spiro atoms. The molecule has 9 heteroatoms. The third kappa shape index (κ3) is 6.10. The average molecular weight is 486 g/mol. The van der Waals surface area contributed by atoms with Gasteiger partial charge in [0.2, 0.25) is 0 Å². The van der Waals surface area contributed by atoms with Crippen LogP contribution in [0.2, 0.25) is 0 Å². The second-order valence-electron chi connectivity index (χ2n) is 8.77. The third-order valence-corrected chi connectivity index (χ3v) is 6.49. The van der Waals surface area contributed by atoms with E-state index in [-0.39, 0.29) is 23.7 Å². The predicted molar refractivity (Wildman–Crippen MR) is 129 cm³/mol. The van der Waals surface area contributed by atoms with Crippen LogP contribution in [0.25, 0.3) is 0 Å². The van der Waals surface area contributed by atoms with Crippen molar-refractivity contribution in [2.45, 2.75) is 12.5 Å². The van der Waals surface area contributed by atoms with Crippen molar-refractivity contribution in [1.82, 2.24) is 14.7 Å². The lowest BCUT2D eigenvalue weighted by molar-refractivity contribution is -0.0353. The van der Waals surface area contributed by atoms with Crippen LogP contribution in [0.4, 0.5) is 4.39 Å². The van der Waals surface area contributed by atoms with E-state index in [0.717, 1.165) is 19.5 Å². The van der Waals surface area contributed by atoms with E-state index in [1.54, 1.807) is 32.4 Å². The lowest BCUT2D eigenvalue weighted by Crippen LogP contribution is -2.50. The first kappa shape index (κ1) is 24.9. The highest BCUT2D eigenvalue weighted by atomic mass is 19.1. The number of hydrogen-bond donors (Lipinski definition) is 0. The van der Waals surface area contributed by atoms with Gasteiger partial charge >= 0.3 is 0 Å². The van der Waals surface area contributed by atoms with Crippen molar-refractivity contribution in [2.24, 2.45) is 0 Å². The maximum atomic E-state index is 13.2. The fraction of sp³-hybridized carbons (Fsp3) is 0.462. The minimum Gasteiger partial charge on any atom is -0.493 e. The molecule has 4 rings (SSSR count). The van der Waals surface area contributed by atoms with Crippen LogP contribution in [-0.4, -0.2) is 99.3 Å². The van der Waals surface area contributed by atoms with Gasteiger partial charge in [-0.2, -0.15) is 0 Å². The number of nitrogens with zero attached hydrogens (tertiary/aromatic N) is 3. The average Bonchev–Trinajstić information content (AvgIpc) is 3.13. The largest absolute Gasteiger partial charge is 0.493 e. The summed E-state index contributed by atoms with van der Waals surface area (Å²) in [6, 6.07) is 10.9. The van der Waals surface area contributed by atoms with Crippen molar-refractivity contribution in [3.8, 4) is 11.5 Å². The number of carbonyl (C=O) groups excluding carboxylic acids is 2. The molecule has 2 amide bonds. The Labute approximate surface area is 205 Å². The van der Waals surface area contributed by atoms with Crippen LogP contribution in [0.1, 0.15) is 27.1 Å². The molecule has 188 valence electrons. The first-order valence-corrected chi connectivity index (χ1v) is 11.9. The summed E-state index contributed by atoms with van der Waals surface area (Å²) in [5, 5.41) is 0. The fourth-order valence-corrected chi connectivity index (χ4v) is 4.59. The number of hydrogen-bond acceptors (Lipinski definition) is 6. The van der Waals surface area contributed by atoms with E-state index in [1.165, 1.54) is 24.3 Å². The molecular weight excluding hydrogens is 453 g/mol. The summed E-state index contributed by atoms with van der Waals surface area (Å²) in [5.41, 5.74) is 1.05. The number of methoxy groups -OCH3 is 2. The molecule has 0 saturated carbocycles. The molecule has 2 heterocycles. The summed E-state index contributed by atoms with van der Waals surface area (Å²) < 4.78 is 29.8. The highest BCUT2D eigenvalue weighted by Gasteiger charge is 2.28. The van der Waals surface area contributed by atoms with E-state index in [9.17, 15) is 14.0 Å². The van der Waals surface area contributed by atoms with Gasteiger partial charge in [0.1, 0.15) is 5.82 Å². The normalized spacial score (nSPS) is 19.2. The van der Waals surface area contributed by atoms with Gasteiger partial charge in [0.25, 0.3) is 11.8 Å². The first-order chi connectivity index (χ1) is 17.0. The first-order valence-electron chi connectivity index (χ1n) is 11.9. The molecule has 0 N–H and O–H groups in total. The highest BCUT2D eigenvalue weighted by Crippen LogP contribution is 2.28. The van der Waals surface area contributed by atoms with Crippen LogP contribution in [-0.2, 0) is 4.74 Å². The van der Waals surface area contributed by atoms with E-state index >= 15 is 0 Å². The van der Waals surface area contributed by atoms with Crippen molar-refractivity contribution in [3.05, 3.63) is 59.4 Å². The number of halogens is 1. The molecule has 0 aliphatic carbocycles. The van der Waals surface area contributed by atoms with E-state index in [0.29, 0.717) is 62.0 Å². The standard InChI is InChI=1S/C26H32FN3O5/c1-33-23-9-6-20(16-24(23)34-2)26(32)30-14-15-35-22(18-30)17-28-10-3-11-29(13-12-28)25(31)19-4-7-21(27)8-5-19/h4-9,16,22H,3,10-15,17-18H2,1-2H3/t22-/m0/s1. The molecule has 35 heavy (non-hydrogen) atoms. The lowest BCUT2D eigenvalue weighted by atomic mass is 10.1. The summed E-state index contributed by atoms with van der Waals surface area (Å²) >= 11 is 0. The molecule has 2 fully saturated rings. The van der Waals surface area contributed by atoms with Crippen molar-refractivity contribution in [2.75, 3.05) is 66.6 Å². The summed E-state index contributed by atoms with van der Waals surface area (Å²) in [4.78, 5) is 31.8. The number of morpholine rings is 1. The quantitative estimate of drug-likeness (QED) is 0.626. The number of amides is 2. The zero-order valence-corrected chi connectivity index (χ0v) is 20.2. The van der Waals surface area contributed by atoms with Crippen molar-refractivity contribution >= 4 is 11.8 Å². The zero-order valence-electron chi connectivity index (χ0n) is 20.2. The molecule has 0 radical (unpaired) electrons. The van der Waals surface area contributed by atoms with Crippen LogP contribution >= 0.6 is 0 Å². The number of benzene rings is 2. The zero-order chi connectivity index (χ0) is 24.8. The van der Waals surface area contributed by atoms with Gasteiger partial charge in [-0.05, 0) is 55.4 Å². The van der Waals surface area contributed by atoms with E-state index < -0.39 is 0 Å². The minimum absolute atomic E-state index is 0.0637. The Hall–Kier alpha value is -3.17. The Morgan fingerprint density at radius 1 is 0.886 bits per heavy atom. The van der Waals surface area contributed by atoms with Gasteiger partial charge in [0, 0.05) is 50.4 Å². The Morgan fingerprint density at radius 2 is 1.60 bits per heavy atom. The van der Waals surface area contributed by atoms with Gasteiger partial charge in [0.15, 0.2) is 11.5 Å². The maximum absolute atomic E-state index is 13.2. The number of rotatable bonds is 6. The van der Waals surface area contributed by atoms with Crippen LogP contribution in [0.15, 0.2) is 42.5 Å². The molecule has 1 atom stereocenters. The molecule has 0 bridgehead atoms. The Kier molecular flexibility index (Phi) is 8.20. The van der Waals surface area contributed by atoms with Crippen LogP contribution < -0.4 is 9.47 Å². The molecule has 2 aromatic rings. The van der Waals surface area contributed by atoms with Crippen LogP contribution in [0.5, 0.6) is 11.5 Å². The lowest BCUT2D eigenvalue weighted by Gasteiger charge is -2.35. The molecule has 2 saturated heterocycles. The molecule has 2 aliphatic rings. The minimum atomic E-state index is -0.352. The SMILES string of the molecule is COc1ccc(C(=O)N2CCO[C@@H](CN3CCCN(C(=O)c4ccc(F)cc4)CC3)C2)cc1OC. The van der Waals surface area contributed by atoms with E-state index in [4.69, 9.17) is 14.2 Å². The topological polar surface area (TPSA) is 71.5 Å². The van der Waals surface area contributed by atoms with Crippen LogP contribution in [0.3, 0.4) is 0 Å². The number of carbonyl (C=O) groups is 2. The summed E-state index contributed by atoms with van der Waals surface area (Å²) in [5.74, 6) is 0.609. The summed E-state index contributed by atoms with van der Waals surface area (Å²) in [6.07, 6.45) is 0.737. The molecule has 2 aliphatic heterocycles. The summed E-state index contributed by atoms with van der Waals surface area (Å²) in [7, 11) is 3.11. The molecule has 8 nitrogen and oxygen atoms in total. The Bertz CT molecular complexity index is 1030. The van der Waals surface area contributed by atoms with Gasteiger partial charge in [-0.25, -0.2) is 4.39 Å². The van der Waals surface area contributed by atoms with Crippen molar-refractivity contribution in [1.29, 1.82) is 0 Å². The van der Waals surface area contributed by atoms with Gasteiger partial charge in [-0.1, -0.05) is 0 Å². The van der Waals surface area contributed by atoms with E-state index in [1.807, 2.05) is 9.80 Å². The molecule has 0 aromatic heterocycles. The maximum Gasteiger partial charge on any atom is 0.254 e. The second kappa shape index (κ2) is 11.5. The van der Waals surface area contributed by atoms with E-state index in [2.05, 4.69) is 4.90 Å². The molecule has 2 aromatic carbocycles. The van der Waals surface area contributed by atoms with Gasteiger partial charge in [0.05, 0.1) is 26.9 Å². The second-order valence-corrected chi connectivity index (χ2v) is 8.77. The monoisotopic (exact) mass is 485 g/mol. The van der Waals surface area contributed by atoms with Gasteiger partial charge < -0.3 is 24.0 Å². The number of ether oxygens (including phenoxy) is 3. The molecule has 0 unspecified atom stereocenters.